The Balaban J connectivity index is 0. The van der Waals surface area contributed by atoms with Crippen LogP contribution in [0.1, 0.15) is 67.2 Å². The SMILES string of the molecule is CCCCN(CCCC)[Si](C)(C)C1(C)C(C)=C(C)C(C)=[C]1[Ti+2].[Cl-].[Cl-]. The quantitative estimate of drug-likeness (QED) is 0.497. The molecule has 0 aromatic rings. The molecule has 5 heteroatoms. The van der Waals surface area contributed by atoms with E-state index in [-0.39, 0.29) is 24.8 Å². The van der Waals surface area contributed by atoms with Crippen molar-refractivity contribution in [2.75, 3.05) is 13.1 Å². The molecule has 0 fully saturated rings. The smallest absolute Gasteiger partial charge is 1.00 e. The van der Waals surface area contributed by atoms with Crippen LogP contribution in [0.5, 0.6) is 0 Å². The molecular formula is C19H36Cl2NSiTi. The van der Waals surface area contributed by atoms with Crippen LogP contribution < -0.4 is 24.8 Å². The third-order valence-corrected chi connectivity index (χ3v) is 13.2. The van der Waals surface area contributed by atoms with Crippen LogP contribution in [0, 0.1) is 0 Å². The molecule has 0 spiro atoms. The summed E-state index contributed by atoms with van der Waals surface area (Å²) in [6.45, 7) is 22.0. The molecule has 1 aliphatic rings. The van der Waals surface area contributed by atoms with E-state index in [1.165, 1.54) is 38.8 Å². The summed E-state index contributed by atoms with van der Waals surface area (Å²) in [4.78, 5) is 0. The number of hydrogen-bond donors (Lipinski definition) is 0. The normalized spacial score (nSPS) is 21.3. The molecule has 1 nitrogen and oxygen atoms in total. The number of hydrogen-bond acceptors (Lipinski definition) is 1. The number of allylic oxidation sites excluding steroid dienone is 4. The Morgan fingerprint density at radius 3 is 1.62 bits per heavy atom. The predicted octanol–water partition coefficient (Wildman–Crippen LogP) is 0.0328. The third-order valence-electron chi connectivity index (χ3n) is 6.33. The molecule has 0 bridgehead atoms. The van der Waals surface area contributed by atoms with Crippen LogP contribution in [-0.4, -0.2) is 25.9 Å². The van der Waals surface area contributed by atoms with Gasteiger partial charge >= 0.3 is 152 Å². The second-order valence-corrected chi connectivity index (χ2v) is 13.2. The molecule has 0 saturated carbocycles. The molecular weight excluding hydrogens is 389 g/mol. The standard InChI is InChI=1S/C19H36NSi.2ClH.Ti/c1-9-11-13-20(14-12-10-2)21(7,8)19(6)15-16(3)17(4)18(19)5;;;/h9-14H2,1-8H3;2*1H;/q;;;+2/p-2. The van der Waals surface area contributed by atoms with E-state index < -0.39 is 8.24 Å². The summed E-state index contributed by atoms with van der Waals surface area (Å²) in [7, 11) is -1.59. The van der Waals surface area contributed by atoms with Gasteiger partial charge in [-0.15, -0.1) is 0 Å². The number of unbranched alkanes of at least 4 members (excludes halogenated alkanes) is 2. The Morgan fingerprint density at radius 1 is 0.917 bits per heavy atom. The van der Waals surface area contributed by atoms with Crippen LogP contribution in [0.3, 0.4) is 0 Å². The maximum atomic E-state index is 2.90. The molecule has 0 heterocycles. The van der Waals surface area contributed by atoms with Crippen molar-refractivity contribution in [1.29, 1.82) is 0 Å². The maximum absolute atomic E-state index is 2.90. The first-order valence-corrected chi connectivity index (χ1v) is 12.7. The van der Waals surface area contributed by atoms with Crippen LogP contribution in [0.25, 0.3) is 0 Å². The maximum Gasteiger partial charge on any atom is -1.00 e. The van der Waals surface area contributed by atoms with Crippen molar-refractivity contribution in [3.05, 3.63) is 20.6 Å². The molecule has 0 N–H and O–H groups in total. The first-order valence-electron chi connectivity index (χ1n) is 9.02. The molecule has 1 unspecified atom stereocenters. The van der Waals surface area contributed by atoms with Crippen molar-refractivity contribution < 1.29 is 45.2 Å². The zero-order valence-corrected chi connectivity index (χ0v) is 21.0. The van der Waals surface area contributed by atoms with Crippen LogP contribution in [0.4, 0.5) is 0 Å². The summed E-state index contributed by atoms with van der Waals surface area (Å²) in [6.07, 6.45) is 5.26. The van der Waals surface area contributed by atoms with Gasteiger partial charge in [0.1, 0.15) is 0 Å². The van der Waals surface area contributed by atoms with Gasteiger partial charge in [0.2, 0.25) is 0 Å². The van der Waals surface area contributed by atoms with Gasteiger partial charge in [0.15, 0.2) is 0 Å². The molecule has 1 aliphatic carbocycles. The second kappa shape index (κ2) is 10.9. The van der Waals surface area contributed by atoms with E-state index in [0.29, 0.717) is 5.04 Å². The van der Waals surface area contributed by atoms with Crippen molar-refractivity contribution in [1.82, 2.24) is 4.57 Å². The molecule has 0 radical (unpaired) electrons. The fourth-order valence-corrected chi connectivity index (χ4v) is 9.85. The van der Waals surface area contributed by atoms with Gasteiger partial charge in [0.05, 0.1) is 0 Å². The van der Waals surface area contributed by atoms with E-state index in [2.05, 4.69) is 79.6 Å². The summed E-state index contributed by atoms with van der Waals surface area (Å²) in [5.74, 6) is 0. The number of halogens is 2. The molecule has 0 aromatic heterocycles. The first kappa shape index (κ1) is 27.2. The molecule has 24 heavy (non-hydrogen) atoms. The Hall–Kier alpha value is 0.951. The monoisotopic (exact) mass is 424 g/mol. The van der Waals surface area contributed by atoms with Crippen molar-refractivity contribution in [2.24, 2.45) is 0 Å². The van der Waals surface area contributed by atoms with Gasteiger partial charge < -0.3 is 24.8 Å². The fourth-order valence-electron chi connectivity index (χ4n) is 3.86. The number of nitrogens with zero attached hydrogens (tertiary/aromatic N) is 1. The minimum atomic E-state index is -1.59. The fraction of sp³-hybridized carbons (Fsp3) is 0.789. The van der Waals surface area contributed by atoms with Gasteiger partial charge in [-0.3, -0.25) is 0 Å². The van der Waals surface area contributed by atoms with Crippen molar-refractivity contribution in [3.8, 4) is 0 Å². The van der Waals surface area contributed by atoms with E-state index in [9.17, 15) is 0 Å². The van der Waals surface area contributed by atoms with Gasteiger partial charge in [-0.1, -0.05) is 0 Å². The van der Waals surface area contributed by atoms with Gasteiger partial charge in [-0.05, 0) is 0 Å². The Bertz CT molecular complexity index is 440. The summed E-state index contributed by atoms with van der Waals surface area (Å²) < 4.78 is 4.54. The van der Waals surface area contributed by atoms with E-state index >= 15 is 0 Å². The zero-order valence-electron chi connectivity index (χ0n) is 16.9. The minimum absolute atomic E-state index is 0. The Labute approximate surface area is 176 Å². The average molecular weight is 425 g/mol. The Morgan fingerprint density at radius 2 is 1.33 bits per heavy atom. The molecule has 0 amide bonds. The zero-order chi connectivity index (χ0) is 17.1. The second-order valence-electron chi connectivity index (χ2n) is 7.63. The van der Waals surface area contributed by atoms with Crippen molar-refractivity contribution >= 4 is 8.24 Å². The van der Waals surface area contributed by atoms with E-state index in [1.54, 1.807) is 20.6 Å². The Kier molecular flexibility index (Phi) is 12.4. The van der Waals surface area contributed by atoms with E-state index in [0.717, 1.165) is 0 Å². The van der Waals surface area contributed by atoms with Crippen molar-refractivity contribution in [3.63, 3.8) is 0 Å². The summed E-state index contributed by atoms with van der Waals surface area (Å²) in [5.41, 5.74) is 4.73. The van der Waals surface area contributed by atoms with Crippen molar-refractivity contribution in [2.45, 2.75) is 85.4 Å². The number of rotatable bonds is 8. The molecule has 139 valence electrons. The first-order chi connectivity index (χ1) is 10.2. The largest absolute Gasteiger partial charge is 1.00 e. The third kappa shape index (κ3) is 4.81. The molecule has 0 saturated heterocycles. The summed E-state index contributed by atoms with van der Waals surface area (Å²) in [6, 6.07) is 0. The van der Waals surface area contributed by atoms with Crippen LogP contribution >= 0.6 is 0 Å². The molecule has 0 aliphatic heterocycles. The van der Waals surface area contributed by atoms with E-state index in [1.807, 2.05) is 0 Å². The molecule has 1 rings (SSSR count). The minimum Gasteiger partial charge on any atom is -1.00 e. The van der Waals surface area contributed by atoms with Gasteiger partial charge in [-0.25, -0.2) is 0 Å². The van der Waals surface area contributed by atoms with Gasteiger partial charge in [0.25, 0.3) is 0 Å². The average Bonchev–Trinajstić information content (AvgIpc) is 2.64. The molecule has 1 atom stereocenters. The topological polar surface area (TPSA) is 3.24 Å². The van der Waals surface area contributed by atoms with Crippen LogP contribution in [0.2, 0.25) is 18.1 Å². The van der Waals surface area contributed by atoms with E-state index in [4.69, 9.17) is 0 Å². The summed E-state index contributed by atoms with van der Waals surface area (Å²) in [5, 5.41) is 0.294. The van der Waals surface area contributed by atoms with Crippen LogP contribution in [-0.2, 0) is 20.4 Å². The predicted molar refractivity (Wildman–Crippen MR) is 98.3 cm³/mol. The molecule has 0 aromatic carbocycles. The van der Waals surface area contributed by atoms with Gasteiger partial charge in [-0.2, -0.15) is 0 Å². The van der Waals surface area contributed by atoms with Crippen LogP contribution in [0.15, 0.2) is 20.6 Å². The van der Waals surface area contributed by atoms with Gasteiger partial charge in [0, 0.05) is 0 Å². The summed E-state index contributed by atoms with van der Waals surface area (Å²) >= 11 is 2.39.